The predicted octanol–water partition coefficient (Wildman–Crippen LogP) is 5.54. The molecule has 0 unspecified atom stereocenters. The van der Waals surface area contributed by atoms with Gasteiger partial charge in [-0.2, -0.15) is 13.2 Å². The molecule has 0 radical (unpaired) electrons. The molecule has 0 amide bonds. The van der Waals surface area contributed by atoms with E-state index in [1.807, 2.05) is 6.92 Å². The lowest BCUT2D eigenvalue weighted by Gasteiger charge is -2.25. The first kappa shape index (κ1) is 14.5. The maximum Gasteiger partial charge on any atom is 0.442 e. The maximum absolute atomic E-state index is 13.4. The Labute approximate surface area is 100 Å². The first-order chi connectivity index (χ1) is 7.96. The Morgan fingerprint density at radius 1 is 1.12 bits per heavy atom. The van der Waals surface area contributed by atoms with Crippen LogP contribution in [0.2, 0.25) is 0 Å². The summed E-state index contributed by atoms with van der Waals surface area (Å²) < 4.78 is 50.8. The maximum atomic E-state index is 13.4. The Morgan fingerprint density at radius 2 is 1.71 bits per heavy atom. The molecule has 0 atom stereocenters. The Hall–Kier alpha value is -0.540. The largest absolute Gasteiger partial charge is 0.442 e. The van der Waals surface area contributed by atoms with Crippen molar-refractivity contribution in [3.8, 4) is 0 Å². The highest BCUT2D eigenvalue weighted by atomic mass is 19.4. The molecule has 0 aromatic carbocycles. The lowest BCUT2D eigenvalue weighted by atomic mass is 9.81. The van der Waals surface area contributed by atoms with Crippen molar-refractivity contribution in [1.29, 1.82) is 0 Å². The van der Waals surface area contributed by atoms with Crippen molar-refractivity contribution in [2.45, 2.75) is 64.5 Å². The fourth-order valence-corrected chi connectivity index (χ4v) is 2.49. The molecule has 1 rings (SSSR count). The average molecular weight is 252 g/mol. The first-order valence-electron chi connectivity index (χ1n) is 6.42. The van der Waals surface area contributed by atoms with Crippen molar-refractivity contribution in [3.05, 3.63) is 11.4 Å². The Kier molecular flexibility index (Phi) is 5.47. The molecule has 4 heteroatoms. The van der Waals surface area contributed by atoms with E-state index in [1.165, 1.54) is 0 Å². The summed E-state index contributed by atoms with van der Waals surface area (Å²) in [4.78, 5) is 0. The van der Waals surface area contributed by atoms with E-state index < -0.39 is 12.0 Å². The van der Waals surface area contributed by atoms with Crippen LogP contribution in [-0.2, 0) is 0 Å². The monoisotopic (exact) mass is 252 g/mol. The fraction of sp³-hybridized carbons (Fsp3) is 0.846. The molecule has 0 heterocycles. The minimum atomic E-state index is -4.81. The van der Waals surface area contributed by atoms with Crippen LogP contribution >= 0.6 is 0 Å². The van der Waals surface area contributed by atoms with E-state index in [4.69, 9.17) is 0 Å². The summed E-state index contributed by atoms with van der Waals surface area (Å²) in [7, 11) is 0. The number of rotatable bonds is 4. The second-order valence-electron chi connectivity index (χ2n) is 4.78. The van der Waals surface area contributed by atoms with Crippen LogP contribution in [0, 0.1) is 5.92 Å². The van der Waals surface area contributed by atoms with Gasteiger partial charge in [-0.3, -0.25) is 0 Å². The summed E-state index contributed by atoms with van der Waals surface area (Å²) in [5, 5.41) is 0. The molecule has 17 heavy (non-hydrogen) atoms. The number of allylic oxidation sites excluding steroid dienone is 2. The van der Waals surface area contributed by atoms with Crippen LogP contribution in [0.5, 0.6) is 0 Å². The zero-order chi connectivity index (χ0) is 12.9. The summed E-state index contributed by atoms with van der Waals surface area (Å²) in [5.74, 6) is -2.00. The Balaban J connectivity index is 2.85. The summed E-state index contributed by atoms with van der Waals surface area (Å²) in [6, 6.07) is 0. The zero-order valence-electron chi connectivity index (χ0n) is 10.2. The second-order valence-corrected chi connectivity index (χ2v) is 4.78. The van der Waals surface area contributed by atoms with Gasteiger partial charge in [0, 0.05) is 0 Å². The van der Waals surface area contributed by atoms with E-state index in [-0.39, 0.29) is 17.9 Å². The van der Waals surface area contributed by atoms with E-state index in [2.05, 4.69) is 0 Å². The third-order valence-corrected chi connectivity index (χ3v) is 3.43. The minimum absolute atomic E-state index is 0.0269. The van der Waals surface area contributed by atoms with Gasteiger partial charge in [0.15, 0.2) is 0 Å². The predicted molar refractivity (Wildman–Crippen MR) is 60.3 cm³/mol. The van der Waals surface area contributed by atoms with Crippen LogP contribution in [0.4, 0.5) is 17.6 Å². The van der Waals surface area contributed by atoms with Gasteiger partial charge < -0.3 is 0 Å². The zero-order valence-corrected chi connectivity index (χ0v) is 10.2. The van der Waals surface area contributed by atoms with E-state index in [1.54, 1.807) is 0 Å². The van der Waals surface area contributed by atoms with Gasteiger partial charge in [-0.05, 0) is 37.2 Å². The van der Waals surface area contributed by atoms with Crippen LogP contribution in [0.25, 0.3) is 0 Å². The molecule has 0 aromatic heterocycles. The Bertz CT molecular complexity index is 259. The van der Waals surface area contributed by atoms with E-state index >= 15 is 0 Å². The number of hydrogen-bond donors (Lipinski definition) is 0. The van der Waals surface area contributed by atoms with Gasteiger partial charge >= 0.3 is 6.18 Å². The number of hydrogen-bond acceptors (Lipinski definition) is 0. The molecule has 1 fully saturated rings. The number of alkyl halides is 3. The number of halogens is 4. The smallest absolute Gasteiger partial charge is 0.202 e. The summed E-state index contributed by atoms with van der Waals surface area (Å²) in [5.41, 5.74) is 0.0269. The molecular weight excluding hydrogens is 232 g/mol. The molecule has 0 aliphatic heterocycles. The van der Waals surface area contributed by atoms with Gasteiger partial charge in [-0.1, -0.05) is 32.6 Å². The van der Waals surface area contributed by atoms with E-state index in [0.717, 1.165) is 25.7 Å². The molecule has 0 bridgehead atoms. The highest BCUT2D eigenvalue weighted by Gasteiger charge is 2.38. The van der Waals surface area contributed by atoms with Crippen LogP contribution in [0.3, 0.4) is 0 Å². The van der Waals surface area contributed by atoms with Gasteiger partial charge in [0.1, 0.15) is 0 Å². The molecule has 0 saturated heterocycles. The van der Waals surface area contributed by atoms with Gasteiger partial charge in [0.25, 0.3) is 0 Å². The molecule has 1 aliphatic rings. The molecule has 100 valence electrons. The quantitative estimate of drug-likeness (QED) is 0.576. The average Bonchev–Trinajstić information content (AvgIpc) is 2.29. The molecular formula is C13H20F4. The second kappa shape index (κ2) is 6.41. The number of unbranched alkanes of at least 4 members (excludes halogenated alkanes) is 1. The van der Waals surface area contributed by atoms with Crippen molar-refractivity contribution in [2.24, 2.45) is 5.92 Å². The standard InChI is InChI=1S/C13H20F4/c1-2-3-9-11(12(14)13(15,16)17)10-7-5-4-6-8-10/h10H,2-9H2,1H3/b12-11+. The van der Waals surface area contributed by atoms with Crippen LogP contribution in [0.15, 0.2) is 11.4 Å². The first-order valence-corrected chi connectivity index (χ1v) is 6.42. The van der Waals surface area contributed by atoms with Crippen LogP contribution in [-0.4, -0.2) is 6.18 Å². The SMILES string of the molecule is CCCC/C(=C(\F)C(F)(F)F)C1CCCCC1. The lowest BCUT2D eigenvalue weighted by molar-refractivity contribution is -0.110. The summed E-state index contributed by atoms with van der Waals surface area (Å²) in [6.07, 6.45) is 1.21. The van der Waals surface area contributed by atoms with Crippen LogP contribution in [0.1, 0.15) is 58.3 Å². The van der Waals surface area contributed by atoms with Crippen LogP contribution < -0.4 is 0 Å². The Morgan fingerprint density at radius 3 is 2.18 bits per heavy atom. The molecule has 0 nitrogen and oxygen atoms in total. The van der Waals surface area contributed by atoms with Crippen molar-refractivity contribution in [2.75, 3.05) is 0 Å². The molecule has 0 N–H and O–H groups in total. The fourth-order valence-electron chi connectivity index (χ4n) is 2.49. The normalized spacial score (nSPS) is 20.3. The summed E-state index contributed by atoms with van der Waals surface area (Å²) >= 11 is 0. The molecule has 1 saturated carbocycles. The topological polar surface area (TPSA) is 0 Å². The van der Waals surface area contributed by atoms with Crippen molar-refractivity contribution in [3.63, 3.8) is 0 Å². The van der Waals surface area contributed by atoms with Gasteiger partial charge in [-0.25, -0.2) is 4.39 Å². The summed E-state index contributed by atoms with van der Waals surface area (Å²) in [6.45, 7) is 1.91. The molecule has 0 aromatic rings. The third-order valence-electron chi connectivity index (χ3n) is 3.43. The highest BCUT2D eigenvalue weighted by molar-refractivity contribution is 5.16. The molecule has 0 spiro atoms. The minimum Gasteiger partial charge on any atom is -0.202 e. The van der Waals surface area contributed by atoms with Gasteiger partial charge in [-0.15, -0.1) is 0 Å². The highest BCUT2D eigenvalue weighted by Crippen LogP contribution is 2.39. The van der Waals surface area contributed by atoms with Gasteiger partial charge in [0.2, 0.25) is 5.83 Å². The van der Waals surface area contributed by atoms with Crippen molar-refractivity contribution in [1.82, 2.24) is 0 Å². The van der Waals surface area contributed by atoms with Gasteiger partial charge in [0.05, 0.1) is 0 Å². The van der Waals surface area contributed by atoms with E-state index in [9.17, 15) is 17.6 Å². The van der Waals surface area contributed by atoms with Crippen molar-refractivity contribution >= 4 is 0 Å². The van der Waals surface area contributed by atoms with Crippen molar-refractivity contribution < 1.29 is 17.6 Å². The van der Waals surface area contributed by atoms with E-state index in [0.29, 0.717) is 19.3 Å². The lowest BCUT2D eigenvalue weighted by Crippen LogP contribution is -2.17. The third kappa shape index (κ3) is 4.32. The molecule has 1 aliphatic carbocycles.